The minimum atomic E-state index is -4.46. The number of carbonyl (C=O) groups is 1. The Morgan fingerprint density at radius 3 is 2.65 bits per heavy atom. The van der Waals surface area contributed by atoms with Crippen molar-refractivity contribution in [2.45, 2.75) is 6.18 Å². The molecule has 2 aromatic carbocycles. The summed E-state index contributed by atoms with van der Waals surface area (Å²) in [4.78, 5) is 16.4. The number of hydrogen-bond acceptors (Lipinski definition) is 4. The molecule has 26 heavy (non-hydrogen) atoms. The Morgan fingerprint density at radius 1 is 1.19 bits per heavy atom. The topological polar surface area (TPSA) is 61.7 Å². The van der Waals surface area contributed by atoms with Crippen molar-refractivity contribution in [3.63, 3.8) is 0 Å². The Kier molecular flexibility index (Phi) is 5.10. The summed E-state index contributed by atoms with van der Waals surface area (Å²) in [6.45, 7) is 0. The van der Waals surface area contributed by atoms with Crippen LogP contribution in [0.4, 0.5) is 18.9 Å². The van der Waals surface area contributed by atoms with Crippen LogP contribution in [0.25, 0.3) is 6.08 Å². The number of aromatic hydroxyl groups is 1. The van der Waals surface area contributed by atoms with Gasteiger partial charge in [0.15, 0.2) is 5.17 Å². The number of rotatable bonds is 2. The van der Waals surface area contributed by atoms with Gasteiger partial charge in [0.1, 0.15) is 5.75 Å². The highest BCUT2D eigenvalue weighted by Crippen LogP contribution is 2.33. The van der Waals surface area contributed by atoms with Gasteiger partial charge in [-0.05, 0) is 69.7 Å². The number of thioether (sulfide) groups is 1. The molecule has 3 rings (SSSR count). The number of phenolic OH excluding ortho intramolecular Hbond substituents is 1. The molecule has 1 heterocycles. The first-order valence-corrected chi connectivity index (χ1v) is 8.79. The van der Waals surface area contributed by atoms with E-state index in [0.29, 0.717) is 14.9 Å². The Hall–Kier alpha value is -2.26. The lowest BCUT2D eigenvalue weighted by Crippen LogP contribution is -2.19. The molecule has 9 heteroatoms. The normalized spacial score (nSPS) is 17.8. The second-order valence-corrected chi connectivity index (χ2v) is 7.13. The smallest absolute Gasteiger partial charge is 0.416 e. The Balaban J connectivity index is 1.84. The van der Waals surface area contributed by atoms with E-state index < -0.39 is 17.6 Å². The Labute approximate surface area is 159 Å². The fourth-order valence-electron chi connectivity index (χ4n) is 2.11. The van der Waals surface area contributed by atoms with Crippen LogP contribution in [0.1, 0.15) is 11.1 Å². The fraction of sp³-hybridized carbons (Fsp3) is 0.0588. The number of halogens is 4. The molecule has 0 bridgehead atoms. The molecule has 0 atom stereocenters. The number of alkyl halides is 3. The standard InChI is InChI=1S/C17H10BrF3N2O2S/c18-12-6-9(4-5-13(12)24)7-14-15(25)23-16(26-14)22-11-3-1-2-10(8-11)17(19,20)21/h1-8,24H,(H,22,23,25)/b14-7-. The minimum Gasteiger partial charge on any atom is -0.507 e. The lowest BCUT2D eigenvalue weighted by Gasteiger charge is -2.06. The number of carbonyl (C=O) groups excluding carboxylic acids is 1. The van der Waals surface area contributed by atoms with Gasteiger partial charge < -0.3 is 10.4 Å². The second-order valence-electron chi connectivity index (χ2n) is 5.24. The molecule has 1 fully saturated rings. The molecule has 1 aliphatic heterocycles. The molecule has 0 aromatic heterocycles. The summed E-state index contributed by atoms with van der Waals surface area (Å²) >= 11 is 4.21. The molecule has 0 aliphatic carbocycles. The summed E-state index contributed by atoms with van der Waals surface area (Å²) in [5, 5.41) is 12.2. The summed E-state index contributed by atoms with van der Waals surface area (Å²) in [6, 6.07) is 9.30. The monoisotopic (exact) mass is 442 g/mol. The van der Waals surface area contributed by atoms with E-state index in [0.717, 1.165) is 23.9 Å². The van der Waals surface area contributed by atoms with Crippen LogP contribution < -0.4 is 5.32 Å². The van der Waals surface area contributed by atoms with Gasteiger partial charge in [0.05, 0.1) is 20.6 Å². The lowest BCUT2D eigenvalue weighted by molar-refractivity contribution is -0.137. The van der Waals surface area contributed by atoms with Crippen LogP contribution in [-0.4, -0.2) is 16.2 Å². The van der Waals surface area contributed by atoms with E-state index in [2.05, 4.69) is 26.2 Å². The highest BCUT2D eigenvalue weighted by atomic mass is 79.9. The predicted octanol–water partition coefficient (Wildman–Crippen LogP) is 5.07. The van der Waals surface area contributed by atoms with Crippen LogP contribution in [0.15, 0.2) is 56.8 Å². The molecule has 0 unspecified atom stereocenters. The zero-order chi connectivity index (χ0) is 18.9. The van der Waals surface area contributed by atoms with E-state index in [4.69, 9.17) is 0 Å². The predicted molar refractivity (Wildman–Crippen MR) is 98.1 cm³/mol. The van der Waals surface area contributed by atoms with Gasteiger partial charge in [0.25, 0.3) is 5.91 Å². The number of amidine groups is 1. The molecule has 1 saturated heterocycles. The third-order valence-corrected chi connectivity index (χ3v) is 4.87. The van der Waals surface area contributed by atoms with E-state index in [9.17, 15) is 23.1 Å². The van der Waals surface area contributed by atoms with Gasteiger partial charge in [0.2, 0.25) is 0 Å². The van der Waals surface area contributed by atoms with E-state index in [1.807, 2.05) is 0 Å². The van der Waals surface area contributed by atoms with Crippen LogP contribution >= 0.6 is 27.7 Å². The first kappa shape index (κ1) is 18.5. The molecular weight excluding hydrogens is 433 g/mol. The highest BCUT2D eigenvalue weighted by Gasteiger charge is 2.30. The van der Waals surface area contributed by atoms with Gasteiger partial charge >= 0.3 is 6.18 Å². The molecule has 134 valence electrons. The first-order valence-electron chi connectivity index (χ1n) is 7.18. The number of phenols is 1. The van der Waals surface area contributed by atoms with Gasteiger partial charge in [-0.25, -0.2) is 4.99 Å². The van der Waals surface area contributed by atoms with Crippen molar-refractivity contribution >= 4 is 50.5 Å². The molecule has 1 aliphatic rings. The summed E-state index contributed by atoms with van der Waals surface area (Å²) in [5.41, 5.74) is -0.0396. The molecule has 0 saturated carbocycles. The molecule has 0 spiro atoms. The molecule has 2 aromatic rings. The average Bonchev–Trinajstić information content (AvgIpc) is 2.90. The van der Waals surface area contributed by atoms with Gasteiger partial charge in [0, 0.05) is 0 Å². The summed E-state index contributed by atoms with van der Waals surface area (Å²) in [6.07, 6.45) is -2.86. The van der Waals surface area contributed by atoms with Gasteiger partial charge in [-0.1, -0.05) is 12.1 Å². The Morgan fingerprint density at radius 2 is 1.96 bits per heavy atom. The minimum absolute atomic E-state index is 0.0717. The number of aliphatic imine (C=N–C) groups is 1. The number of benzene rings is 2. The maximum atomic E-state index is 12.8. The first-order chi connectivity index (χ1) is 12.2. The zero-order valence-electron chi connectivity index (χ0n) is 12.8. The zero-order valence-corrected chi connectivity index (χ0v) is 15.2. The molecule has 1 amide bonds. The van der Waals surface area contributed by atoms with E-state index in [1.165, 1.54) is 18.2 Å². The molecular formula is C17H10BrF3N2O2S. The van der Waals surface area contributed by atoms with Crippen LogP contribution in [0.5, 0.6) is 5.75 Å². The van der Waals surface area contributed by atoms with Crippen LogP contribution in [0, 0.1) is 0 Å². The maximum Gasteiger partial charge on any atom is 0.416 e. The molecule has 2 N–H and O–H groups in total. The Bertz CT molecular complexity index is 942. The van der Waals surface area contributed by atoms with Crippen molar-refractivity contribution in [1.82, 2.24) is 5.32 Å². The van der Waals surface area contributed by atoms with Crippen molar-refractivity contribution in [2.24, 2.45) is 4.99 Å². The average molecular weight is 443 g/mol. The van der Waals surface area contributed by atoms with Crippen molar-refractivity contribution < 1.29 is 23.1 Å². The SMILES string of the molecule is O=C1NC(=Nc2cccc(C(F)(F)F)c2)S/C1=C\c1ccc(O)c(Br)c1. The summed E-state index contributed by atoms with van der Waals surface area (Å²) in [5.74, 6) is -0.326. The van der Waals surface area contributed by atoms with Crippen molar-refractivity contribution in [3.05, 3.63) is 63.0 Å². The van der Waals surface area contributed by atoms with Crippen molar-refractivity contribution in [3.8, 4) is 5.75 Å². The van der Waals surface area contributed by atoms with E-state index in [1.54, 1.807) is 18.2 Å². The second kappa shape index (κ2) is 7.16. The summed E-state index contributed by atoms with van der Waals surface area (Å²) in [7, 11) is 0. The molecule has 0 radical (unpaired) electrons. The van der Waals surface area contributed by atoms with E-state index >= 15 is 0 Å². The van der Waals surface area contributed by atoms with E-state index in [-0.39, 0.29) is 16.6 Å². The number of hydrogen-bond donors (Lipinski definition) is 2. The number of nitrogens with one attached hydrogen (secondary N) is 1. The third-order valence-electron chi connectivity index (χ3n) is 3.32. The van der Waals surface area contributed by atoms with Crippen LogP contribution in [0.2, 0.25) is 0 Å². The van der Waals surface area contributed by atoms with Crippen LogP contribution in [-0.2, 0) is 11.0 Å². The van der Waals surface area contributed by atoms with Crippen molar-refractivity contribution in [1.29, 1.82) is 0 Å². The summed E-state index contributed by atoms with van der Waals surface area (Å²) < 4.78 is 38.7. The van der Waals surface area contributed by atoms with Gasteiger partial charge in [-0.15, -0.1) is 0 Å². The van der Waals surface area contributed by atoms with Gasteiger partial charge in [-0.3, -0.25) is 4.79 Å². The third kappa shape index (κ3) is 4.28. The quantitative estimate of drug-likeness (QED) is 0.638. The van der Waals surface area contributed by atoms with Gasteiger partial charge in [-0.2, -0.15) is 13.2 Å². The lowest BCUT2D eigenvalue weighted by atomic mass is 10.2. The molecule has 4 nitrogen and oxygen atoms in total. The number of nitrogens with zero attached hydrogens (tertiary/aromatic N) is 1. The fourth-order valence-corrected chi connectivity index (χ4v) is 3.35. The number of amides is 1. The highest BCUT2D eigenvalue weighted by molar-refractivity contribution is 9.10. The largest absolute Gasteiger partial charge is 0.507 e. The van der Waals surface area contributed by atoms with Crippen molar-refractivity contribution in [2.75, 3.05) is 0 Å². The maximum absolute atomic E-state index is 12.8. The van der Waals surface area contributed by atoms with Crippen LogP contribution in [0.3, 0.4) is 0 Å².